The number of carbonyl (C=O) groups excluding carboxylic acids is 1. The first-order valence-corrected chi connectivity index (χ1v) is 10.3. The number of methoxy groups -OCH3 is 1. The lowest BCUT2D eigenvalue weighted by Gasteiger charge is -2.08. The van der Waals surface area contributed by atoms with Crippen LogP contribution in [-0.4, -0.2) is 37.6 Å². The first-order valence-electron chi connectivity index (χ1n) is 7.02. The topological polar surface area (TPSA) is 107 Å². The summed E-state index contributed by atoms with van der Waals surface area (Å²) in [5.74, 6) is -0.709. The van der Waals surface area contributed by atoms with Crippen molar-refractivity contribution in [2.24, 2.45) is 0 Å². The summed E-state index contributed by atoms with van der Waals surface area (Å²) in [4.78, 5) is 27.9. The van der Waals surface area contributed by atoms with E-state index in [1.807, 2.05) is 0 Å². The zero-order valence-corrected chi connectivity index (χ0v) is 15.4. The van der Waals surface area contributed by atoms with Gasteiger partial charge in [-0.1, -0.05) is 0 Å². The molecule has 0 radical (unpaired) electrons. The third-order valence-electron chi connectivity index (χ3n) is 3.37. The zero-order chi connectivity index (χ0) is 18.0. The lowest BCUT2D eigenvalue weighted by Crippen LogP contribution is -2.31. The predicted molar refractivity (Wildman–Crippen MR) is 94.7 cm³/mol. The molecule has 11 heteroatoms. The van der Waals surface area contributed by atoms with Gasteiger partial charge in [0, 0.05) is 13.1 Å². The molecule has 3 heterocycles. The Hall–Kier alpha value is -2.08. The molecule has 0 aliphatic heterocycles. The van der Waals surface area contributed by atoms with E-state index in [2.05, 4.69) is 14.4 Å². The van der Waals surface area contributed by atoms with Crippen LogP contribution in [0.2, 0.25) is 0 Å². The van der Waals surface area contributed by atoms with Crippen LogP contribution in [0.15, 0.2) is 38.9 Å². The van der Waals surface area contributed by atoms with Crippen molar-refractivity contribution in [2.45, 2.75) is 11.4 Å². The third-order valence-corrected chi connectivity index (χ3v) is 6.79. The van der Waals surface area contributed by atoms with E-state index in [1.54, 1.807) is 11.4 Å². The lowest BCUT2D eigenvalue weighted by molar-refractivity contribution is 0.0602. The normalized spacial score (nSPS) is 11.7. The van der Waals surface area contributed by atoms with E-state index in [-0.39, 0.29) is 28.4 Å². The van der Waals surface area contributed by atoms with Crippen molar-refractivity contribution in [2.75, 3.05) is 13.7 Å². The molecule has 0 fully saturated rings. The van der Waals surface area contributed by atoms with Crippen LogP contribution in [0.5, 0.6) is 0 Å². The summed E-state index contributed by atoms with van der Waals surface area (Å²) in [6, 6.07) is 3.09. The highest BCUT2D eigenvalue weighted by atomic mass is 32.2. The van der Waals surface area contributed by atoms with Crippen molar-refractivity contribution in [1.29, 1.82) is 0 Å². The highest BCUT2D eigenvalue weighted by molar-refractivity contribution is 7.89. The number of hydrogen-bond acceptors (Lipinski definition) is 8. The molecule has 0 unspecified atom stereocenters. The van der Waals surface area contributed by atoms with E-state index in [1.165, 1.54) is 40.8 Å². The molecule has 8 nitrogen and oxygen atoms in total. The van der Waals surface area contributed by atoms with Crippen LogP contribution >= 0.6 is 22.7 Å². The predicted octanol–water partition coefficient (Wildman–Crippen LogP) is 1.28. The number of sulfonamides is 1. The van der Waals surface area contributed by atoms with E-state index in [0.29, 0.717) is 10.2 Å². The molecular formula is C14H13N3O5S3. The van der Waals surface area contributed by atoms with Gasteiger partial charge in [-0.2, -0.15) is 0 Å². The average molecular weight is 399 g/mol. The molecule has 3 aromatic rings. The van der Waals surface area contributed by atoms with Gasteiger partial charge in [0.25, 0.3) is 5.56 Å². The second-order valence-corrected chi connectivity index (χ2v) is 8.45. The molecule has 0 aliphatic carbocycles. The van der Waals surface area contributed by atoms with Crippen LogP contribution < -0.4 is 10.3 Å². The van der Waals surface area contributed by atoms with Gasteiger partial charge in [-0.25, -0.2) is 22.9 Å². The molecule has 0 atom stereocenters. The molecule has 0 saturated heterocycles. The van der Waals surface area contributed by atoms with E-state index in [4.69, 9.17) is 0 Å². The number of aromatic nitrogens is 2. The summed E-state index contributed by atoms with van der Waals surface area (Å²) in [6.07, 6.45) is 1.39. The lowest BCUT2D eigenvalue weighted by atomic mass is 10.4. The van der Waals surface area contributed by atoms with E-state index in [9.17, 15) is 18.0 Å². The number of hydrogen-bond donors (Lipinski definition) is 1. The SMILES string of the molecule is COC(=O)c1sccc1S(=O)(=O)NCCn1cnc2ccsc2c1=O. The van der Waals surface area contributed by atoms with Crippen LogP contribution in [0, 0.1) is 0 Å². The van der Waals surface area contributed by atoms with Gasteiger partial charge >= 0.3 is 5.97 Å². The van der Waals surface area contributed by atoms with Crippen LogP contribution in [0.25, 0.3) is 10.2 Å². The number of rotatable bonds is 6. The second kappa shape index (κ2) is 7.04. The van der Waals surface area contributed by atoms with Gasteiger partial charge < -0.3 is 4.74 Å². The fraction of sp³-hybridized carbons (Fsp3) is 0.214. The molecule has 0 aliphatic rings. The molecule has 25 heavy (non-hydrogen) atoms. The van der Waals surface area contributed by atoms with Crippen LogP contribution in [-0.2, 0) is 21.3 Å². The smallest absolute Gasteiger partial charge is 0.349 e. The Labute approximate surface area is 150 Å². The average Bonchev–Trinajstić information content (AvgIpc) is 3.25. The van der Waals surface area contributed by atoms with Crippen LogP contribution in [0.3, 0.4) is 0 Å². The number of esters is 1. The van der Waals surface area contributed by atoms with Crippen LogP contribution in [0.1, 0.15) is 9.67 Å². The first kappa shape index (κ1) is 17.7. The molecule has 0 aromatic carbocycles. The largest absolute Gasteiger partial charge is 0.465 e. The highest BCUT2D eigenvalue weighted by Gasteiger charge is 2.24. The van der Waals surface area contributed by atoms with Crippen molar-refractivity contribution in [3.8, 4) is 0 Å². The number of carbonyl (C=O) groups is 1. The molecule has 0 saturated carbocycles. The summed E-state index contributed by atoms with van der Waals surface area (Å²) in [5, 5.41) is 3.27. The Morgan fingerprint density at radius 2 is 2.08 bits per heavy atom. The molecule has 3 aromatic heterocycles. The maximum Gasteiger partial charge on any atom is 0.349 e. The van der Waals surface area contributed by atoms with Gasteiger partial charge in [-0.15, -0.1) is 22.7 Å². The Kier molecular flexibility index (Phi) is 4.99. The number of ether oxygens (including phenoxy) is 1. The fourth-order valence-corrected chi connectivity index (χ4v) is 5.31. The van der Waals surface area contributed by atoms with Crippen LogP contribution in [0.4, 0.5) is 0 Å². The van der Waals surface area contributed by atoms with Gasteiger partial charge in [0.05, 0.1) is 19.0 Å². The number of nitrogens with zero attached hydrogens (tertiary/aromatic N) is 2. The van der Waals surface area contributed by atoms with E-state index >= 15 is 0 Å². The van der Waals surface area contributed by atoms with Gasteiger partial charge in [-0.3, -0.25) is 9.36 Å². The van der Waals surface area contributed by atoms with Crippen molar-refractivity contribution >= 4 is 48.9 Å². The molecule has 0 amide bonds. The molecule has 0 spiro atoms. The summed E-state index contributed by atoms with van der Waals surface area (Å²) in [6.45, 7) is 0.105. The minimum absolute atomic E-state index is 0.00818. The molecule has 132 valence electrons. The number of thiophene rings is 2. The second-order valence-electron chi connectivity index (χ2n) is 4.88. The Balaban J connectivity index is 1.74. The summed E-state index contributed by atoms with van der Waals surface area (Å²) in [7, 11) is -2.70. The fourth-order valence-electron chi connectivity index (χ4n) is 2.17. The first-order chi connectivity index (χ1) is 11.9. The maximum atomic E-state index is 12.4. The van der Waals surface area contributed by atoms with Crippen molar-refractivity contribution < 1.29 is 17.9 Å². The number of fused-ring (bicyclic) bond motifs is 1. The Morgan fingerprint density at radius 3 is 2.84 bits per heavy atom. The zero-order valence-electron chi connectivity index (χ0n) is 13.0. The minimum atomic E-state index is -3.89. The quantitative estimate of drug-likeness (QED) is 0.626. The summed E-state index contributed by atoms with van der Waals surface area (Å²) in [5.41, 5.74) is 0.401. The molecule has 0 bridgehead atoms. The van der Waals surface area contributed by atoms with Crippen molar-refractivity contribution in [3.05, 3.63) is 44.5 Å². The Morgan fingerprint density at radius 1 is 1.32 bits per heavy atom. The van der Waals surface area contributed by atoms with Gasteiger partial charge in [0.1, 0.15) is 14.5 Å². The van der Waals surface area contributed by atoms with Gasteiger partial charge in [0.15, 0.2) is 0 Å². The van der Waals surface area contributed by atoms with Crippen molar-refractivity contribution in [1.82, 2.24) is 14.3 Å². The standard InChI is InChI=1S/C14H13N3O5S3/c1-22-14(19)12-10(3-7-24-12)25(20,21)16-4-5-17-8-15-9-2-6-23-11(9)13(17)18/h2-3,6-8,16H,4-5H2,1H3. The molecule has 1 N–H and O–H groups in total. The van der Waals surface area contributed by atoms with Gasteiger partial charge in [0.2, 0.25) is 10.0 Å². The van der Waals surface area contributed by atoms with Gasteiger partial charge in [-0.05, 0) is 22.9 Å². The third kappa shape index (κ3) is 3.49. The highest BCUT2D eigenvalue weighted by Crippen LogP contribution is 2.22. The number of nitrogens with one attached hydrogen (secondary N) is 1. The Bertz CT molecular complexity index is 1080. The minimum Gasteiger partial charge on any atom is -0.465 e. The monoisotopic (exact) mass is 399 g/mol. The maximum absolute atomic E-state index is 12.4. The molecular weight excluding hydrogens is 386 g/mol. The van der Waals surface area contributed by atoms with E-state index < -0.39 is 16.0 Å². The van der Waals surface area contributed by atoms with Crippen molar-refractivity contribution in [3.63, 3.8) is 0 Å². The summed E-state index contributed by atoms with van der Waals surface area (Å²) < 4.78 is 33.6. The molecule has 3 rings (SSSR count). The summed E-state index contributed by atoms with van der Waals surface area (Å²) >= 11 is 2.27. The van der Waals surface area contributed by atoms with E-state index in [0.717, 1.165) is 11.3 Å².